The van der Waals surface area contributed by atoms with Gasteiger partial charge in [0.2, 0.25) is 5.91 Å². The number of carbonyl (C=O) groups excluding carboxylic acids is 1. The Kier molecular flexibility index (Phi) is 4.49. The van der Waals surface area contributed by atoms with Crippen LogP contribution in [-0.4, -0.2) is 11.4 Å². The number of carbonyl (C=O) groups is 1. The monoisotopic (exact) mass is 243 g/mol. The predicted octanol–water partition coefficient (Wildman–Crippen LogP) is 3.48. The molecular weight excluding hydrogens is 222 g/mol. The third-order valence-electron chi connectivity index (χ3n) is 2.43. The van der Waals surface area contributed by atoms with Crippen LogP contribution in [0.25, 0.3) is 5.57 Å². The van der Waals surface area contributed by atoms with Crippen molar-refractivity contribution in [3.63, 3.8) is 0 Å². The zero-order chi connectivity index (χ0) is 13.8. The first kappa shape index (κ1) is 14.2. The molecule has 1 aromatic rings. The number of nitrogens with one attached hydrogen (secondary N) is 1. The standard InChI is InChI=1S/C16H21NO/c1-12-8-6-7-9-14(12)13(2)10-11-15(18)17-16(3,4)5/h6-11H,2H2,1,3-5H3,(H,17,18)/b11-10+. The van der Waals surface area contributed by atoms with Gasteiger partial charge in [-0.2, -0.15) is 0 Å². The zero-order valence-corrected chi connectivity index (χ0v) is 11.6. The Hall–Kier alpha value is -1.83. The van der Waals surface area contributed by atoms with Crippen molar-refractivity contribution in [2.45, 2.75) is 33.2 Å². The van der Waals surface area contributed by atoms with Crippen LogP contribution in [0.5, 0.6) is 0 Å². The first-order chi connectivity index (χ1) is 8.29. The van der Waals surface area contributed by atoms with Crippen molar-refractivity contribution in [1.29, 1.82) is 0 Å². The number of benzene rings is 1. The van der Waals surface area contributed by atoms with Gasteiger partial charge in [-0.25, -0.2) is 0 Å². The van der Waals surface area contributed by atoms with Gasteiger partial charge in [0.1, 0.15) is 0 Å². The van der Waals surface area contributed by atoms with Crippen LogP contribution >= 0.6 is 0 Å². The fourth-order valence-corrected chi connectivity index (χ4v) is 1.61. The van der Waals surface area contributed by atoms with Gasteiger partial charge in [0.25, 0.3) is 0 Å². The number of rotatable bonds is 3. The van der Waals surface area contributed by atoms with E-state index in [4.69, 9.17) is 0 Å². The topological polar surface area (TPSA) is 29.1 Å². The summed E-state index contributed by atoms with van der Waals surface area (Å²) in [7, 11) is 0. The molecule has 1 aromatic carbocycles. The molecule has 18 heavy (non-hydrogen) atoms. The van der Waals surface area contributed by atoms with E-state index in [0.29, 0.717) is 0 Å². The van der Waals surface area contributed by atoms with Crippen molar-refractivity contribution in [2.75, 3.05) is 0 Å². The molecule has 0 heterocycles. The summed E-state index contributed by atoms with van der Waals surface area (Å²) < 4.78 is 0. The van der Waals surface area contributed by atoms with E-state index in [9.17, 15) is 4.79 Å². The third kappa shape index (κ3) is 4.58. The van der Waals surface area contributed by atoms with Crippen LogP contribution < -0.4 is 5.32 Å². The SMILES string of the molecule is C=C(/C=C/C(=O)NC(C)(C)C)c1ccccc1C. The molecule has 2 heteroatoms. The van der Waals surface area contributed by atoms with E-state index in [-0.39, 0.29) is 11.4 Å². The normalized spacial score (nSPS) is 11.6. The summed E-state index contributed by atoms with van der Waals surface area (Å²) in [5, 5.41) is 2.87. The Balaban J connectivity index is 2.71. The van der Waals surface area contributed by atoms with Crippen LogP contribution in [0.3, 0.4) is 0 Å². The molecule has 0 bridgehead atoms. The first-order valence-corrected chi connectivity index (χ1v) is 6.05. The van der Waals surface area contributed by atoms with Crippen molar-refractivity contribution in [2.24, 2.45) is 0 Å². The van der Waals surface area contributed by atoms with Crippen LogP contribution in [0.15, 0.2) is 43.0 Å². The molecule has 0 saturated carbocycles. The highest BCUT2D eigenvalue weighted by Crippen LogP contribution is 2.17. The summed E-state index contributed by atoms with van der Waals surface area (Å²) in [6.07, 6.45) is 3.28. The van der Waals surface area contributed by atoms with Gasteiger partial charge in [0.05, 0.1) is 0 Å². The summed E-state index contributed by atoms with van der Waals surface area (Å²) in [6, 6.07) is 7.99. The van der Waals surface area contributed by atoms with Crippen LogP contribution in [0.4, 0.5) is 0 Å². The van der Waals surface area contributed by atoms with Crippen molar-refractivity contribution < 1.29 is 4.79 Å². The molecule has 96 valence electrons. The molecule has 0 saturated heterocycles. The molecule has 0 aromatic heterocycles. The Bertz CT molecular complexity index is 478. The average molecular weight is 243 g/mol. The van der Waals surface area contributed by atoms with E-state index in [1.165, 1.54) is 6.08 Å². The Morgan fingerprint density at radius 2 is 1.83 bits per heavy atom. The molecule has 0 aliphatic rings. The Labute approximate surface area is 109 Å². The van der Waals surface area contributed by atoms with Crippen molar-refractivity contribution in [3.8, 4) is 0 Å². The maximum absolute atomic E-state index is 11.6. The molecule has 0 aliphatic carbocycles. The summed E-state index contributed by atoms with van der Waals surface area (Å²) in [5.74, 6) is -0.0998. The third-order valence-corrected chi connectivity index (χ3v) is 2.43. The number of hydrogen-bond donors (Lipinski definition) is 1. The van der Waals surface area contributed by atoms with Gasteiger partial charge < -0.3 is 5.32 Å². The molecule has 0 radical (unpaired) electrons. The molecule has 0 fully saturated rings. The van der Waals surface area contributed by atoms with E-state index in [2.05, 4.69) is 11.9 Å². The van der Waals surface area contributed by atoms with Crippen molar-refractivity contribution in [1.82, 2.24) is 5.32 Å². The number of hydrogen-bond acceptors (Lipinski definition) is 1. The molecule has 1 N–H and O–H groups in total. The van der Waals surface area contributed by atoms with E-state index in [1.54, 1.807) is 6.08 Å². The minimum Gasteiger partial charge on any atom is -0.348 e. The Morgan fingerprint density at radius 3 is 2.39 bits per heavy atom. The fraction of sp³-hybridized carbons (Fsp3) is 0.312. The van der Waals surface area contributed by atoms with Crippen LogP contribution in [0.2, 0.25) is 0 Å². The molecule has 0 unspecified atom stereocenters. The van der Waals surface area contributed by atoms with E-state index in [0.717, 1.165) is 16.7 Å². The lowest BCUT2D eigenvalue weighted by Crippen LogP contribution is -2.39. The quantitative estimate of drug-likeness (QED) is 0.639. The largest absolute Gasteiger partial charge is 0.348 e. The highest BCUT2D eigenvalue weighted by Gasteiger charge is 2.11. The second kappa shape index (κ2) is 5.67. The minimum absolute atomic E-state index is 0.0998. The van der Waals surface area contributed by atoms with Crippen molar-refractivity contribution >= 4 is 11.5 Å². The molecule has 1 amide bonds. The lowest BCUT2D eigenvalue weighted by Gasteiger charge is -2.19. The van der Waals surface area contributed by atoms with Gasteiger partial charge in [-0.1, -0.05) is 30.8 Å². The van der Waals surface area contributed by atoms with Gasteiger partial charge in [-0.15, -0.1) is 0 Å². The van der Waals surface area contributed by atoms with Crippen LogP contribution in [0, 0.1) is 6.92 Å². The smallest absolute Gasteiger partial charge is 0.244 e. The van der Waals surface area contributed by atoms with Gasteiger partial charge in [0, 0.05) is 11.6 Å². The second-order valence-corrected chi connectivity index (χ2v) is 5.41. The van der Waals surface area contributed by atoms with Crippen LogP contribution in [0.1, 0.15) is 31.9 Å². The highest BCUT2D eigenvalue weighted by atomic mass is 16.1. The van der Waals surface area contributed by atoms with Gasteiger partial charge in [-0.3, -0.25) is 4.79 Å². The second-order valence-electron chi connectivity index (χ2n) is 5.41. The lowest BCUT2D eigenvalue weighted by molar-refractivity contribution is -0.117. The molecule has 0 atom stereocenters. The first-order valence-electron chi connectivity index (χ1n) is 6.05. The number of aryl methyl sites for hydroxylation is 1. The number of allylic oxidation sites excluding steroid dienone is 2. The predicted molar refractivity (Wildman–Crippen MR) is 77.2 cm³/mol. The minimum atomic E-state index is -0.217. The zero-order valence-electron chi connectivity index (χ0n) is 11.6. The van der Waals surface area contributed by atoms with E-state index < -0.39 is 0 Å². The van der Waals surface area contributed by atoms with Gasteiger partial charge in [0.15, 0.2) is 0 Å². The van der Waals surface area contributed by atoms with Crippen LogP contribution in [-0.2, 0) is 4.79 Å². The number of amides is 1. The maximum atomic E-state index is 11.6. The molecule has 2 nitrogen and oxygen atoms in total. The molecule has 0 spiro atoms. The summed E-state index contributed by atoms with van der Waals surface area (Å²) in [6.45, 7) is 11.9. The highest BCUT2D eigenvalue weighted by molar-refractivity contribution is 5.91. The molecular formula is C16H21NO. The molecule has 1 rings (SSSR count). The lowest BCUT2D eigenvalue weighted by atomic mass is 10.0. The van der Waals surface area contributed by atoms with E-state index in [1.807, 2.05) is 52.0 Å². The van der Waals surface area contributed by atoms with Gasteiger partial charge >= 0.3 is 0 Å². The fourth-order valence-electron chi connectivity index (χ4n) is 1.61. The maximum Gasteiger partial charge on any atom is 0.244 e. The van der Waals surface area contributed by atoms with Gasteiger partial charge in [-0.05, 0) is 50.5 Å². The Morgan fingerprint density at radius 1 is 1.22 bits per heavy atom. The summed E-state index contributed by atoms with van der Waals surface area (Å²) >= 11 is 0. The summed E-state index contributed by atoms with van der Waals surface area (Å²) in [4.78, 5) is 11.6. The van der Waals surface area contributed by atoms with E-state index >= 15 is 0 Å². The summed E-state index contributed by atoms with van der Waals surface area (Å²) in [5.41, 5.74) is 2.85. The van der Waals surface area contributed by atoms with Crippen molar-refractivity contribution in [3.05, 3.63) is 54.1 Å². The average Bonchev–Trinajstić information content (AvgIpc) is 2.24. The molecule has 0 aliphatic heterocycles.